The van der Waals surface area contributed by atoms with Gasteiger partial charge in [0.25, 0.3) is 0 Å². The Labute approximate surface area is 148 Å². The molecular formula is C19H14ClN3S. The van der Waals surface area contributed by atoms with Gasteiger partial charge in [0.15, 0.2) is 5.82 Å². The van der Waals surface area contributed by atoms with E-state index in [4.69, 9.17) is 11.6 Å². The Morgan fingerprint density at radius 2 is 1.83 bits per heavy atom. The van der Waals surface area contributed by atoms with Crippen LogP contribution in [0.1, 0.15) is 24.3 Å². The molecule has 3 nitrogen and oxygen atoms in total. The van der Waals surface area contributed by atoms with Crippen LogP contribution in [0.4, 0.5) is 11.5 Å². The highest BCUT2D eigenvalue weighted by molar-refractivity contribution is 7.17. The maximum absolute atomic E-state index is 6.08. The number of nitrogens with zero attached hydrogens (tertiary/aromatic N) is 2. The first-order valence-electron chi connectivity index (χ1n) is 7.99. The van der Waals surface area contributed by atoms with Gasteiger partial charge in [-0.3, -0.25) is 0 Å². The van der Waals surface area contributed by atoms with Gasteiger partial charge in [0, 0.05) is 11.1 Å². The van der Waals surface area contributed by atoms with E-state index in [1.54, 1.807) is 11.3 Å². The highest BCUT2D eigenvalue weighted by Crippen LogP contribution is 2.44. The zero-order chi connectivity index (χ0) is 16.1. The van der Waals surface area contributed by atoms with Gasteiger partial charge in [0.2, 0.25) is 5.28 Å². The lowest BCUT2D eigenvalue weighted by molar-refractivity contribution is 1.15. The van der Waals surface area contributed by atoms with Gasteiger partial charge in [-0.05, 0) is 58.8 Å². The minimum Gasteiger partial charge on any atom is -0.338 e. The molecule has 1 fully saturated rings. The summed E-state index contributed by atoms with van der Waals surface area (Å²) >= 11 is 7.70. The Kier molecular flexibility index (Phi) is 3.21. The maximum Gasteiger partial charge on any atom is 0.224 e. The van der Waals surface area contributed by atoms with Gasteiger partial charge >= 0.3 is 0 Å². The molecule has 1 N–H and O–H groups in total. The number of anilines is 2. The molecule has 0 atom stereocenters. The molecule has 5 heteroatoms. The number of hydrogen-bond donors (Lipinski definition) is 1. The molecule has 0 aliphatic heterocycles. The largest absolute Gasteiger partial charge is 0.338 e. The highest BCUT2D eigenvalue weighted by Gasteiger charge is 2.25. The van der Waals surface area contributed by atoms with Crippen LogP contribution in [0, 0.1) is 0 Å². The minimum atomic E-state index is 0.266. The Hall–Kier alpha value is -2.17. The summed E-state index contributed by atoms with van der Waals surface area (Å²) in [6.45, 7) is 0. The molecule has 118 valence electrons. The molecule has 2 aromatic heterocycles. The van der Waals surface area contributed by atoms with Gasteiger partial charge in [-0.2, -0.15) is 4.98 Å². The molecular weight excluding hydrogens is 338 g/mol. The lowest BCUT2D eigenvalue weighted by Gasteiger charge is -2.13. The van der Waals surface area contributed by atoms with Crippen LogP contribution in [0.3, 0.4) is 0 Å². The maximum atomic E-state index is 6.08. The molecule has 5 rings (SSSR count). The summed E-state index contributed by atoms with van der Waals surface area (Å²) in [5, 5.41) is 8.30. The number of thiophene rings is 1. The molecule has 1 aliphatic rings. The summed E-state index contributed by atoms with van der Waals surface area (Å²) in [5.74, 6) is 1.49. The van der Waals surface area contributed by atoms with Crippen molar-refractivity contribution in [2.24, 2.45) is 0 Å². The second kappa shape index (κ2) is 5.43. The van der Waals surface area contributed by atoms with Gasteiger partial charge in [-0.1, -0.05) is 30.3 Å². The van der Waals surface area contributed by atoms with Crippen LogP contribution >= 0.6 is 22.9 Å². The number of benzene rings is 2. The number of aromatic nitrogens is 2. The first-order chi connectivity index (χ1) is 11.8. The third-order valence-electron chi connectivity index (χ3n) is 4.50. The van der Waals surface area contributed by atoms with Gasteiger partial charge < -0.3 is 5.32 Å². The molecule has 4 aromatic rings. The summed E-state index contributed by atoms with van der Waals surface area (Å²) in [7, 11) is 0. The van der Waals surface area contributed by atoms with Crippen molar-refractivity contribution in [1.82, 2.24) is 9.97 Å². The van der Waals surface area contributed by atoms with Crippen molar-refractivity contribution in [3.05, 3.63) is 58.7 Å². The van der Waals surface area contributed by atoms with Crippen LogP contribution in [0.2, 0.25) is 5.28 Å². The van der Waals surface area contributed by atoms with Crippen LogP contribution in [0.15, 0.2) is 47.8 Å². The zero-order valence-corrected chi connectivity index (χ0v) is 14.4. The SMILES string of the molecule is Clc1nc(Nc2ccc(C3CC3)c3ccccc23)c2sccc2n1. The summed E-state index contributed by atoms with van der Waals surface area (Å²) in [4.78, 5) is 8.67. The predicted molar refractivity (Wildman–Crippen MR) is 102 cm³/mol. The van der Waals surface area contributed by atoms with Crippen molar-refractivity contribution < 1.29 is 0 Å². The average molecular weight is 352 g/mol. The Morgan fingerprint density at radius 3 is 2.67 bits per heavy atom. The Bertz CT molecular complexity index is 1070. The molecule has 0 spiro atoms. The van der Waals surface area contributed by atoms with E-state index >= 15 is 0 Å². The van der Waals surface area contributed by atoms with Crippen molar-refractivity contribution in [2.75, 3.05) is 5.32 Å². The number of hydrogen-bond acceptors (Lipinski definition) is 4. The second-order valence-electron chi connectivity index (χ2n) is 6.12. The van der Waals surface area contributed by atoms with Crippen LogP contribution < -0.4 is 5.32 Å². The van der Waals surface area contributed by atoms with Crippen LogP contribution in [-0.2, 0) is 0 Å². The van der Waals surface area contributed by atoms with Crippen molar-refractivity contribution in [1.29, 1.82) is 0 Å². The molecule has 24 heavy (non-hydrogen) atoms. The van der Waals surface area contributed by atoms with E-state index in [1.807, 2.05) is 11.4 Å². The quantitative estimate of drug-likeness (QED) is 0.452. The van der Waals surface area contributed by atoms with Gasteiger partial charge in [0.1, 0.15) is 0 Å². The Morgan fingerprint density at radius 1 is 1.00 bits per heavy atom. The van der Waals surface area contributed by atoms with Crippen LogP contribution in [0.5, 0.6) is 0 Å². The molecule has 2 aromatic carbocycles. The molecule has 0 bridgehead atoms. The lowest BCUT2D eigenvalue weighted by Crippen LogP contribution is -1.97. The van der Waals surface area contributed by atoms with Crippen molar-refractivity contribution >= 4 is 55.4 Å². The molecule has 0 amide bonds. The van der Waals surface area contributed by atoms with E-state index in [0.717, 1.165) is 27.6 Å². The number of halogens is 1. The standard InChI is InChI=1S/C19H14ClN3S/c20-19-22-16-9-10-24-17(16)18(23-19)21-15-8-7-12(11-5-6-11)13-3-1-2-4-14(13)15/h1-4,7-11H,5-6H2,(H,21,22,23). The zero-order valence-electron chi connectivity index (χ0n) is 12.8. The first-order valence-corrected chi connectivity index (χ1v) is 9.25. The fraction of sp³-hybridized carbons (Fsp3) is 0.158. The third kappa shape index (κ3) is 2.34. The van der Waals surface area contributed by atoms with E-state index < -0.39 is 0 Å². The Balaban J connectivity index is 1.67. The van der Waals surface area contributed by atoms with Crippen LogP contribution in [0.25, 0.3) is 21.0 Å². The summed E-state index contributed by atoms with van der Waals surface area (Å²) in [5.41, 5.74) is 3.39. The highest BCUT2D eigenvalue weighted by atomic mass is 35.5. The monoisotopic (exact) mass is 351 g/mol. The third-order valence-corrected chi connectivity index (χ3v) is 5.58. The van der Waals surface area contributed by atoms with E-state index in [9.17, 15) is 0 Å². The first kappa shape index (κ1) is 14.2. The average Bonchev–Trinajstić information content (AvgIpc) is 3.32. The van der Waals surface area contributed by atoms with E-state index in [0.29, 0.717) is 0 Å². The molecule has 0 radical (unpaired) electrons. The fourth-order valence-electron chi connectivity index (χ4n) is 3.23. The van der Waals surface area contributed by atoms with Crippen molar-refractivity contribution in [3.63, 3.8) is 0 Å². The van der Waals surface area contributed by atoms with Crippen molar-refractivity contribution in [2.45, 2.75) is 18.8 Å². The predicted octanol–water partition coefficient (Wildman–Crippen LogP) is 6.12. The van der Waals surface area contributed by atoms with Gasteiger partial charge in [-0.25, -0.2) is 4.98 Å². The number of nitrogens with one attached hydrogen (secondary N) is 1. The normalized spacial score (nSPS) is 14.4. The lowest BCUT2D eigenvalue weighted by atomic mass is 9.99. The summed E-state index contributed by atoms with van der Waals surface area (Å²) in [6, 6.07) is 14.9. The molecule has 1 saturated carbocycles. The van der Waals surface area contributed by atoms with Crippen molar-refractivity contribution in [3.8, 4) is 0 Å². The van der Waals surface area contributed by atoms with E-state index in [1.165, 1.54) is 29.2 Å². The molecule has 1 aliphatic carbocycles. The molecule has 2 heterocycles. The molecule has 0 unspecified atom stereocenters. The van der Waals surface area contributed by atoms with Crippen LogP contribution in [-0.4, -0.2) is 9.97 Å². The second-order valence-corrected chi connectivity index (χ2v) is 7.38. The smallest absolute Gasteiger partial charge is 0.224 e. The fourth-order valence-corrected chi connectivity index (χ4v) is 4.18. The van der Waals surface area contributed by atoms with Gasteiger partial charge in [0.05, 0.1) is 10.2 Å². The van der Waals surface area contributed by atoms with E-state index in [-0.39, 0.29) is 5.28 Å². The number of rotatable bonds is 3. The topological polar surface area (TPSA) is 37.8 Å². The molecule has 0 saturated heterocycles. The summed E-state index contributed by atoms with van der Waals surface area (Å²) < 4.78 is 1.02. The minimum absolute atomic E-state index is 0.266. The number of fused-ring (bicyclic) bond motifs is 2. The van der Waals surface area contributed by atoms with E-state index in [2.05, 4.69) is 51.7 Å². The van der Waals surface area contributed by atoms with Gasteiger partial charge in [-0.15, -0.1) is 11.3 Å². The summed E-state index contributed by atoms with van der Waals surface area (Å²) in [6.07, 6.45) is 2.60.